The molecule has 1 aromatic carbocycles. The van der Waals surface area contributed by atoms with Crippen molar-refractivity contribution in [3.05, 3.63) is 56.2 Å². The van der Waals surface area contributed by atoms with Gasteiger partial charge in [-0.05, 0) is 24.3 Å². The van der Waals surface area contributed by atoms with Gasteiger partial charge in [-0.2, -0.15) is 8.78 Å². The lowest BCUT2D eigenvalue weighted by Gasteiger charge is -2.11. The number of nitrogens with zero attached hydrogens (tertiary/aromatic N) is 2. The summed E-state index contributed by atoms with van der Waals surface area (Å²) in [4.78, 5) is 48.0. The minimum atomic E-state index is -3.00. The van der Waals surface area contributed by atoms with Gasteiger partial charge in [-0.25, -0.2) is 9.59 Å². The highest BCUT2D eigenvalue weighted by atomic mass is 19.3. The van der Waals surface area contributed by atoms with E-state index in [4.69, 9.17) is 10.5 Å². The number of hydrogen-bond acceptors (Lipinski definition) is 7. The fraction of sp³-hybridized carbons (Fsp3) is 0.250. The maximum atomic E-state index is 12.2. The van der Waals surface area contributed by atoms with E-state index < -0.39 is 41.8 Å². The molecule has 2 aromatic rings. The minimum absolute atomic E-state index is 0.0225. The van der Waals surface area contributed by atoms with Crippen molar-refractivity contribution in [2.45, 2.75) is 6.61 Å². The molecular weight excluding hydrogens is 368 g/mol. The first-order chi connectivity index (χ1) is 12.6. The van der Waals surface area contributed by atoms with Crippen molar-refractivity contribution in [2.24, 2.45) is 14.1 Å². The Balaban J connectivity index is 2.13. The minimum Gasteiger partial charge on any atom is -0.454 e. The van der Waals surface area contributed by atoms with Gasteiger partial charge in [-0.1, -0.05) is 0 Å². The predicted octanol–water partition coefficient (Wildman–Crippen LogP) is 0.307. The highest BCUT2D eigenvalue weighted by Gasteiger charge is 2.21. The molecule has 2 N–H and O–H groups in total. The summed E-state index contributed by atoms with van der Waals surface area (Å²) in [6.07, 6.45) is 0. The molecule has 11 heteroatoms. The zero-order chi connectivity index (χ0) is 20.3. The first-order valence-electron chi connectivity index (χ1n) is 7.44. The van der Waals surface area contributed by atoms with Crippen LogP contribution < -0.4 is 21.7 Å². The van der Waals surface area contributed by atoms with Crippen molar-refractivity contribution < 1.29 is 27.8 Å². The number of alkyl halides is 2. The smallest absolute Gasteiger partial charge is 0.387 e. The number of rotatable bonds is 6. The number of halogens is 2. The topological polar surface area (TPSA) is 123 Å². The summed E-state index contributed by atoms with van der Waals surface area (Å²) in [5, 5.41) is 0. The lowest BCUT2D eigenvalue weighted by molar-refractivity contribution is -0.0498. The van der Waals surface area contributed by atoms with Crippen LogP contribution in [-0.4, -0.2) is 34.1 Å². The Morgan fingerprint density at radius 1 is 1.11 bits per heavy atom. The van der Waals surface area contributed by atoms with Crippen molar-refractivity contribution in [3.63, 3.8) is 0 Å². The number of aromatic nitrogens is 2. The number of ether oxygens (including phenoxy) is 2. The Labute approximate surface area is 150 Å². The Morgan fingerprint density at radius 3 is 2.26 bits per heavy atom. The van der Waals surface area contributed by atoms with E-state index in [1.165, 1.54) is 26.2 Å². The fourth-order valence-corrected chi connectivity index (χ4v) is 2.18. The maximum absolute atomic E-state index is 12.2. The van der Waals surface area contributed by atoms with Crippen LogP contribution in [0.25, 0.3) is 0 Å². The number of ketones is 1. The Kier molecular flexibility index (Phi) is 5.73. The van der Waals surface area contributed by atoms with Crippen molar-refractivity contribution in [2.75, 3.05) is 12.3 Å². The SMILES string of the molecule is Cn1c(N)c(C(=O)COC(=O)c2ccc(OC(F)F)cc2)c(=O)n(C)c1=O. The normalized spacial score (nSPS) is 10.7. The third-order valence-corrected chi connectivity index (χ3v) is 3.64. The molecule has 0 bridgehead atoms. The van der Waals surface area contributed by atoms with Gasteiger partial charge in [0.25, 0.3) is 5.56 Å². The molecule has 0 spiro atoms. The van der Waals surface area contributed by atoms with Gasteiger partial charge in [0, 0.05) is 14.1 Å². The molecule has 0 atom stereocenters. The van der Waals surface area contributed by atoms with Gasteiger partial charge in [0.05, 0.1) is 5.56 Å². The van der Waals surface area contributed by atoms with Gasteiger partial charge >= 0.3 is 18.3 Å². The average molecular weight is 383 g/mol. The molecular formula is C16H15F2N3O6. The van der Waals surface area contributed by atoms with E-state index in [-0.39, 0.29) is 17.1 Å². The van der Waals surface area contributed by atoms with E-state index in [0.29, 0.717) is 4.57 Å². The first-order valence-corrected chi connectivity index (χ1v) is 7.44. The molecule has 0 aliphatic carbocycles. The van der Waals surface area contributed by atoms with E-state index in [2.05, 4.69) is 4.74 Å². The summed E-state index contributed by atoms with van der Waals surface area (Å²) in [5.41, 5.74) is 3.52. The number of esters is 1. The fourth-order valence-electron chi connectivity index (χ4n) is 2.18. The van der Waals surface area contributed by atoms with Gasteiger partial charge in [0.1, 0.15) is 17.1 Å². The highest BCUT2D eigenvalue weighted by molar-refractivity contribution is 6.02. The summed E-state index contributed by atoms with van der Waals surface area (Å²) in [5.74, 6) is -2.32. The Morgan fingerprint density at radius 2 is 1.70 bits per heavy atom. The quantitative estimate of drug-likeness (QED) is 0.562. The number of hydrogen-bond donors (Lipinski definition) is 1. The molecule has 0 saturated carbocycles. The van der Waals surface area contributed by atoms with E-state index in [0.717, 1.165) is 16.7 Å². The van der Waals surface area contributed by atoms with E-state index in [9.17, 15) is 28.0 Å². The summed E-state index contributed by atoms with van der Waals surface area (Å²) in [6.45, 7) is -3.80. The second-order valence-electron chi connectivity index (χ2n) is 5.37. The van der Waals surface area contributed by atoms with Crippen LogP contribution in [-0.2, 0) is 18.8 Å². The number of Topliss-reactive ketones (excluding diaryl/α,β-unsaturated/α-hetero) is 1. The van der Waals surface area contributed by atoms with E-state index >= 15 is 0 Å². The summed E-state index contributed by atoms with van der Waals surface area (Å²) >= 11 is 0. The number of nitrogen functional groups attached to an aromatic ring is 1. The van der Waals surface area contributed by atoms with Crippen LogP contribution >= 0.6 is 0 Å². The number of anilines is 1. The molecule has 27 heavy (non-hydrogen) atoms. The number of carbonyl (C=O) groups excluding carboxylic acids is 2. The van der Waals surface area contributed by atoms with E-state index in [1.807, 2.05) is 0 Å². The zero-order valence-corrected chi connectivity index (χ0v) is 14.3. The monoisotopic (exact) mass is 383 g/mol. The molecule has 1 heterocycles. The third kappa shape index (κ3) is 4.19. The van der Waals surface area contributed by atoms with Crippen molar-refractivity contribution in [1.82, 2.24) is 9.13 Å². The van der Waals surface area contributed by atoms with Crippen LogP contribution in [0, 0.1) is 0 Å². The van der Waals surface area contributed by atoms with Crippen molar-refractivity contribution >= 4 is 17.6 Å². The highest BCUT2D eigenvalue weighted by Crippen LogP contribution is 2.15. The molecule has 0 fully saturated rings. The van der Waals surface area contributed by atoms with Gasteiger partial charge in [-0.15, -0.1) is 0 Å². The van der Waals surface area contributed by atoms with Gasteiger partial charge in [0.15, 0.2) is 6.61 Å². The van der Waals surface area contributed by atoms with Gasteiger partial charge in [0.2, 0.25) is 5.78 Å². The van der Waals surface area contributed by atoms with Crippen LogP contribution in [0.5, 0.6) is 5.75 Å². The van der Waals surface area contributed by atoms with Crippen LogP contribution in [0.4, 0.5) is 14.6 Å². The van der Waals surface area contributed by atoms with Crippen LogP contribution in [0.15, 0.2) is 33.9 Å². The van der Waals surface area contributed by atoms with Crippen LogP contribution in [0.2, 0.25) is 0 Å². The summed E-state index contributed by atoms with van der Waals surface area (Å²) < 4.78 is 34.8. The van der Waals surface area contributed by atoms with E-state index in [1.54, 1.807) is 0 Å². The molecule has 144 valence electrons. The van der Waals surface area contributed by atoms with Crippen molar-refractivity contribution in [1.29, 1.82) is 0 Å². The number of nitrogens with two attached hydrogens (primary N) is 1. The standard InChI is InChI=1S/C16H15F2N3O6/c1-20-12(19)11(13(23)21(2)16(20)25)10(22)7-26-14(24)8-3-5-9(6-4-8)27-15(17)18/h3-6,15H,7,19H2,1-2H3. The number of carbonyl (C=O) groups is 2. The largest absolute Gasteiger partial charge is 0.454 e. The molecule has 0 saturated heterocycles. The second-order valence-corrected chi connectivity index (χ2v) is 5.37. The average Bonchev–Trinajstić information content (AvgIpc) is 2.63. The molecule has 9 nitrogen and oxygen atoms in total. The van der Waals surface area contributed by atoms with Gasteiger partial charge < -0.3 is 15.2 Å². The Bertz CT molecular complexity index is 995. The van der Waals surface area contributed by atoms with Crippen LogP contribution in [0.1, 0.15) is 20.7 Å². The molecule has 1 aromatic heterocycles. The molecule has 0 amide bonds. The maximum Gasteiger partial charge on any atom is 0.387 e. The number of benzene rings is 1. The first kappa shape index (κ1) is 19.8. The predicted molar refractivity (Wildman–Crippen MR) is 89.0 cm³/mol. The lowest BCUT2D eigenvalue weighted by Crippen LogP contribution is -2.42. The lowest BCUT2D eigenvalue weighted by atomic mass is 10.2. The summed E-state index contributed by atoms with van der Waals surface area (Å²) in [7, 11) is 2.46. The molecule has 2 rings (SSSR count). The zero-order valence-electron chi connectivity index (χ0n) is 14.3. The molecule has 0 aliphatic heterocycles. The molecule has 0 unspecified atom stereocenters. The Hall–Kier alpha value is -3.50. The van der Waals surface area contributed by atoms with Crippen LogP contribution in [0.3, 0.4) is 0 Å². The second kappa shape index (κ2) is 7.81. The third-order valence-electron chi connectivity index (χ3n) is 3.64. The summed E-state index contributed by atoms with van der Waals surface area (Å²) in [6, 6.07) is 4.60. The van der Waals surface area contributed by atoms with Gasteiger partial charge in [-0.3, -0.25) is 18.7 Å². The molecule has 0 aliphatic rings. The van der Waals surface area contributed by atoms with Crippen molar-refractivity contribution in [3.8, 4) is 5.75 Å². The molecule has 0 radical (unpaired) electrons.